The van der Waals surface area contributed by atoms with Crippen LogP contribution in [0.5, 0.6) is 0 Å². The number of piperidine rings is 1. The lowest BCUT2D eigenvalue weighted by Gasteiger charge is -2.40. The molecule has 0 aromatic rings. The Labute approximate surface area is 123 Å². The van der Waals surface area contributed by atoms with Crippen LogP contribution in [0.2, 0.25) is 0 Å². The van der Waals surface area contributed by atoms with Gasteiger partial charge in [0.1, 0.15) is 6.17 Å². The molecule has 1 fully saturated rings. The summed E-state index contributed by atoms with van der Waals surface area (Å²) in [6, 6.07) is -0.254. The van der Waals surface area contributed by atoms with E-state index in [1.807, 2.05) is 13.8 Å². The Morgan fingerprint density at radius 2 is 2.00 bits per heavy atom. The van der Waals surface area contributed by atoms with Crippen molar-refractivity contribution in [3.63, 3.8) is 0 Å². The summed E-state index contributed by atoms with van der Waals surface area (Å²) in [5.41, 5.74) is 0.285. The van der Waals surface area contributed by atoms with Gasteiger partial charge < -0.3 is 9.80 Å². The van der Waals surface area contributed by atoms with E-state index in [0.29, 0.717) is 6.54 Å². The van der Waals surface area contributed by atoms with Crippen LogP contribution in [0.4, 0.5) is 4.39 Å². The molecule has 1 rings (SSSR count). The van der Waals surface area contributed by atoms with Crippen LogP contribution in [0.1, 0.15) is 47.5 Å². The number of alkyl halides is 1. The number of halogens is 1. The Kier molecular flexibility index (Phi) is 5.99. The highest BCUT2D eigenvalue weighted by Gasteiger charge is 2.34. The van der Waals surface area contributed by atoms with Crippen molar-refractivity contribution in [2.45, 2.75) is 59.7 Å². The van der Waals surface area contributed by atoms with E-state index in [1.54, 1.807) is 11.9 Å². The lowest BCUT2D eigenvalue weighted by atomic mass is 9.91. The van der Waals surface area contributed by atoms with E-state index in [2.05, 4.69) is 25.7 Å². The lowest BCUT2D eigenvalue weighted by molar-refractivity contribution is -0.138. The Balaban J connectivity index is 2.49. The maximum Gasteiger partial charge on any atom is 0.225 e. The number of nitrogens with zero attached hydrogens (tertiary/aromatic N) is 2. The van der Waals surface area contributed by atoms with E-state index in [1.165, 1.54) is 0 Å². The second-order valence-electron chi connectivity index (χ2n) is 7.59. The lowest BCUT2D eigenvalue weighted by Crippen LogP contribution is -2.53. The predicted octanol–water partition coefficient (Wildman–Crippen LogP) is 2.95. The molecule has 0 aliphatic carbocycles. The van der Waals surface area contributed by atoms with Gasteiger partial charge in [0.2, 0.25) is 5.91 Å². The molecule has 4 heteroatoms. The molecule has 1 aliphatic rings. The monoisotopic (exact) mass is 286 g/mol. The van der Waals surface area contributed by atoms with Crippen molar-refractivity contribution in [2.75, 3.05) is 26.7 Å². The molecule has 1 heterocycles. The Hall–Kier alpha value is -0.640. The van der Waals surface area contributed by atoms with Crippen molar-refractivity contribution in [3.8, 4) is 0 Å². The van der Waals surface area contributed by atoms with E-state index < -0.39 is 6.17 Å². The Bertz CT molecular complexity index is 325. The summed E-state index contributed by atoms with van der Waals surface area (Å²) in [6.45, 7) is 12.6. The van der Waals surface area contributed by atoms with Gasteiger partial charge in [-0.2, -0.15) is 0 Å². The number of likely N-dealkylation sites (tertiary alicyclic amines) is 1. The van der Waals surface area contributed by atoms with Gasteiger partial charge in [-0.3, -0.25) is 4.79 Å². The minimum absolute atomic E-state index is 0.0424. The first-order valence-corrected chi connectivity index (χ1v) is 7.75. The highest BCUT2D eigenvalue weighted by molar-refractivity contribution is 5.78. The molecule has 0 bridgehead atoms. The summed E-state index contributed by atoms with van der Waals surface area (Å²) in [6.07, 6.45) is 0.877. The normalized spacial score (nSPS) is 25.0. The summed E-state index contributed by atoms with van der Waals surface area (Å²) < 4.78 is 14.4. The van der Waals surface area contributed by atoms with Crippen LogP contribution >= 0.6 is 0 Å². The first-order chi connectivity index (χ1) is 9.11. The third-order valence-electron chi connectivity index (χ3n) is 4.11. The van der Waals surface area contributed by atoms with Gasteiger partial charge in [0.15, 0.2) is 0 Å². The zero-order valence-electron chi connectivity index (χ0n) is 13.9. The minimum Gasteiger partial charge on any atom is -0.340 e. The molecular weight excluding hydrogens is 255 g/mol. The van der Waals surface area contributed by atoms with Gasteiger partial charge in [0.25, 0.3) is 0 Å². The second kappa shape index (κ2) is 6.88. The average Bonchev–Trinajstić information content (AvgIpc) is 2.33. The molecule has 118 valence electrons. The SMILES string of the molecule is CC(C)C(=O)N(C)[C@H]1CCN(CCC(C)(C)C)C[C@H]1F. The number of amides is 1. The molecule has 3 nitrogen and oxygen atoms in total. The summed E-state index contributed by atoms with van der Waals surface area (Å²) in [5, 5.41) is 0. The van der Waals surface area contributed by atoms with Crippen LogP contribution in [-0.4, -0.2) is 54.6 Å². The van der Waals surface area contributed by atoms with Crippen LogP contribution < -0.4 is 0 Å². The summed E-state index contributed by atoms with van der Waals surface area (Å²) in [4.78, 5) is 15.8. The van der Waals surface area contributed by atoms with Gasteiger partial charge in [-0.25, -0.2) is 4.39 Å². The van der Waals surface area contributed by atoms with Crippen molar-refractivity contribution in [1.82, 2.24) is 9.80 Å². The van der Waals surface area contributed by atoms with Crippen LogP contribution in [0, 0.1) is 11.3 Å². The maximum atomic E-state index is 14.4. The topological polar surface area (TPSA) is 23.6 Å². The number of rotatable bonds is 4. The molecule has 20 heavy (non-hydrogen) atoms. The highest BCUT2D eigenvalue weighted by atomic mass is 19.1. The zero-order valence-corrected chi connectivity index (χ0v) is 13.9. The Morgan fingerprint density at radius 3 is 2.45 bits per heavy atom. The molecule has 0 aromatic carbocycles. The minimum atomic E-state index is -0.934. The fourth-order valence-corrected chi connectivity index (χ4v) is 2.66. The van der Waals surface area contributed by atoms with Gasteiger partial charge in [-0.05, 0) is 24.8 Å². The first kappa shape index (κ1) is 17.4. The van der Waals surface area contributed by atoms with E-state index >= 15 is 0 Å². The molecule has 1 amide bonds. The standard InChI is InChI=1S/C16H31FN2O/c1-12(2)15(20)18(6)14-7-9-19(11-13(14)17)10-8-16(3,4)5/h12-14H,7-11H2,1-6H3/t13-,14+/m1/s1. The van der Waals surface area contributed by atoms with Crippen molar-refractivity contribution in [2.24, 2.45) is 11.3 Å². The van der Waals surface area contributed by atoms with Crippen LogP contribution in [-0.2, 0) is 4.79 Å². The third-order valence-corrected chi connectivity index (χ3v) is 4.11. The number of hydrogen-bond donors (Lipinski definition) is 0. The summed E-state index contributed by atoms with van der Waals surface area (Å²) in [5.74, 6) is -0.0214. The molecule has 0 saturated carbocycles. The molecule has 0 radical (unpaired) electrons. The number of hydrogen-bond acceptors (Lipinski definition) is 2. The van der Waals surface area contributed by atoms with E-state index in [-0.39, 0.29) is 23.3 Å². The average molecular weight is 286 g/mol. The van der Waals surface area contributed by atoms with E-state index in [0.717, 1.165) is 25.9 Å². The van der Waals surface area contributed by atoms with Crippen LogP contribution in [0.25, 0.3) is 0 Å². The fourth-order valence-electron chi connectivity index (χ4n) is 2.66. The number of carbonyl (C=O) groups is 1. The first-order valence-electron chi connectivity index (χ1n) is 7.75. The highest BCUT2D eigenvalue weighted by Crippen LogP contribution is 2.23. The van der Waals surface area contributed by atoms with Gasteiger partial charge >= 0.3 is 0 Å². The molecule has 0 unspecified atom stereocenters. The molecule has 2 atom stereocenters. The molecule has 0 aromatic heterocycles. The maximum absolute atomic E-state index is 14.4. The summed E-state index contributed by atoms with van der Waals surface area (Å²) in [7, 11) is 1.74. The molecule has 0 spiro atoms. The Morgan fingerprint density at radius 1 is 1.40 bits per heavy atom. The van der Waals surface area contributed by atoms with E-state index in [9.17, 15) is 9.18 Å². The van der Waals surface area contributed by atoms with Gasteiger partial charge in [0.05, 0.1) is 6.04 Å². The second-order valence-corrected chi connectivity index (χ2v) is 7.59. The van der Waals surface area contributed by atoms with Crippen LogP contribution in [0.3, 0.4) is 0 Å². The fraction of sp³-hybridized carbons (Fsp3) is 0.938. The van der Waals surface area contributed by atoms with Crippen molar-refractivity contribution < 1.29 is 9.18 Å². The third kappa shape index (κ3) is 5.04. The zero-order chi connectivity index (χ0) is 15.5. The number of carbonyl (C=O) groups excluding carboxylic acids is 1. The molecule has 1 saturated heterocycles. The van der Waals surface area contributed by atoms with Crippen molar-refractivity contribution in [1.29, 1.82) is 0 Å². The van der Waals surface area contributed by atoms with Gasteiger partial charge in [-0.15, -0.1) is 0 Å². The van der Waals surface area contributed by atoms with Crippen molar-refractivity contribution >= 4 is 5.91 Å². The molecular formula is C16H31FN2O. The van der Waals surface area contributed by atoms with Crippen molar-refractivity contribution in [3.05, 3.63) is 0 Å². The smallest absolute Gasteiger partial charge is 0.225 e. The van der Waals surface area contributed by atoms with Crippen LogP contribution in [0.15, 0.2) is 0 Å². The molecule has 0 N–H and O–H groups in total. The summed E-state index contributed by atoms with van der Waals surface area (Å²) >= 11 is 0. The van der Waals surface area contributed by atoms with Gasteiger partial charge in [-0.1, -0.05) is 34.6 Å². The largest absolute Gasteiger partial charge is 0.340 e. The van der Waals surface area contributed by atoms with E-state index in [4.69, 9.17) is 0 Å². The quantitative estimate of drug-likeness (QED) is 0.793. The van der Waals surface area contributed by atoms with Gasteiger partial charge in [0, 0.05) is 26.1 Å². The predicted molar refractivity (Wildman–Crippen MR) is 81.4 cm³/mol. The molecule has 1 aliphatic heterocycles.